The van der Waals surface area contributed by atoms with Crippen molar-refractivity contribution in [1.29, 1.82) is 5.26 Å². The van der Waals surface area contributed by atoms with Gasteiger partial charge in [0.15, 0.2) is 11.6 Å². The molecule has 3 N–H and O–H groups in total. The highest BCUT2D eigenvalue weighted by Crippen LogP contribution is 2.29. The molecule has 0 saturated heterocycles. The predicted molar refractivity (Wildman–Crippen MR) is 140 cm³/mol. The Kier molecular flexibility index (Phi) is 9.91. The summed E-state index contributed by atoms with van der Waals surface area (Å²) in [6, 6.07) is 7.73. The van der Waals surface area contributed by atoms with E-state index in [0.29, 0.717) is 12.1 Å². The summed E-state index contributed by atoms with van der Waals surface area (Å²) in [5.74, 6) is -2.22. The van der Waals surface area contributed by atoms with E-state index in [1.807, 2.05) is 40.7 Å². The third-order valence-corrected chi connectivity index (χ3v) is 7.30. The summed E-state index contributed by atoms with van der Waals surface area (Å²) < 4.78 is 33.7. The largest absolute Gasteiger partial charge is 0.394 e. The zero-order valence-electron chi connectivity index (χ0n) is 22.2. The van der Waals surface area contributed by atoms with Crippen LogP contribution in [0, 0.1) is 22.7 Å². The van der Waals surface area contributed by atoms with Crippen molar-refractivity contribution in [2.75, 3.05) is 25.2 Å². The average molecular weight is 533 g/mol. The van der Waals surface area contributed by atoms with E-state index in [1.54, 1.807) is 0 Å². The minimum Gasteiger partial charge on any atom is -0.394 e. The van der Waals surface area contributed by atoms with Crippen LogP contribution >= 0.6 is 0 Å². The van der Waals surface area contributed by atoms with Gasteiger partial charge in [0, 0.05) is 17.7 Å². The summed E-state index contributed by atoms with van der Waals surface area (Å²) in [6.45, 7) is 11.2. The number of Topliss-reactive ketones (excluding diaryl/α,β-unsaturated/α-hetero) is 2. The predicted octanol–water partition coefficient (Wildman–Crippen LogP) is 2.95. The quantitative estimate of drug-likeness (QED) is 0.223. The highest BCUT2D eigenvalue weighted by Gasteiger charge is 2.39. The van der Waals surface area contributed by atoms with Gasteiger partial charge in [-0.3, -0.25) is 15.0 Å². The van der Waals surface area contributed by atoms with Gasteiger partial charge in [-0.15, -0.1) is 0 Å². The van der Waals surface area contributed by atoms with Crippen LogP contribution in [0.15, 0.2) is 45.4 Å². The number of hydrazone groups is 1. The fourth-order valence-corrected chi connectivity index (χ4v) is 5.88. The Balaban J connectivity index is 2.22. The Bertz CT molecular complexity index is 1220. The fourth-order valence-electron chi connectivity index (χ4n) is 4.47. The Morgan fingerprint density at radius 1 is 1.08 bits per heavy atom. The van der Waals surface area contributed by atoms with Gasteiger partial charge >= 0.3 is 0 Å². The van der Waals surface area contributed by atoms with E-state index in [4.69, 9.17) is 9.84 Å². The Morgan fingerprint density at radius 3 is 2.24 bits per heavy atom. The van der Waals surface area contributed by atoms with Crippen LogP contribution in [-0.4, -0.2) is 56.2 Å². The first-order chi connectivity index (χ1) is 17.1. The van der Waals surface area contributed by atoms with Gasteiger partial charge in [0.2, 0.25) is 10.0 Å². The number of hydrogen-bond acceptors (Lipinski definition) is 9. The van der Waals surface area contributed by atoms with Gasteiger partial charge in [-0.05, 0) is 63.3 Å². The molecule has 10 nitrogen and oxygen atoms in total. The number of nitrogens with zero attached hydrogens (tertiary/aromatic N) is 2. The number of aliphatic hydroxyl groups excluding tert-OH is 1. The van der Waals surface area contributed by atoms with Crippen LogP contribution in [0.5, 0.6) is 0 Å². The molecule has 0 spiro atoms. The molecule has 1 atom stereocenters. The maximum absolute atomic E-state index is 13.0. The number of ketones is 2. The van der Waals surface area contributed by atoms with Crippen molar-refractivity contribution in [1.82, 2.24) is 4.72 Å². The van der Waals surface area contributed by atoms with E-state index < -0.39 is 33.0 Å². The summed E-state index contributed by atoms with van der Waals surface area (Å²) >= 11 is 0. The van der Waals surface area contributed by atoms with Crippen LogP contribution in [0.4, 0.5) is 5.69 Å². The number of rotatable bonds is 11. The molecule has 0 aliphatic heterocycles. The van der Waals surface area contributed by atoms with Gasteiger partial charge < -0.3 is 9.84 Å². The first-order valence-corrected chi connectivity index (χ1v) is 13.5. The second kappa shape index (κ2) is 12.1. The number of aliphatic hydroxyl groups is 1. The summed E-state index contributed by atoms with van der Waals surface area (Å²) in [7, 11) is -3.77. The van der Waals surface area contributed by atoms with Crippen molar-refractivity contribution in [3.8, 4) is 6.07 Å². The lowest BCUT2D eigenvalue weighted by Gasteiger charge is -2.33. The molecule has 37 heavy (non-hydrogen) atoms. The number of allylic oxidation sites excluding steroid dienone is 2. The van der Waals surface area contributed by atoms with Crippen LogP contribution in [0.3, 0.4) is 0 Å². The molecule has 1 unspecified atom stereocenters. The number of benzene rings is 1. The lowest BCUT2D eigenvalue weighted by molar-refractivity contribution is -0.128. The van der Waals surface area contributed by atoms with Gasteiger partial charge in [0.05, 0.1) is 29.7 Å². The molecule has 0 bridgehead atoms. The highest BCUT2D eigenvalue weighted by molar-refractivity contribution is 7.89. The second-order valence-electron chi connectivity index (χ2n) is 10.8. The van der Waals surface area contributed by atoms with Crippen molar-refractivity contribution in [2.45, 2.75) is 64.8 Å². The van der Waals surface area contributed by atoms with Gasteiger partial charge in [-0.1, -0.05) is 20.8 Å². The topological polar surface area (TPSA) is 158 Å². The van der Waals surface area contributed by atoms with Crippen molar-refractivity contribution >= 4 is 33.0 Å². The minimum atomic E-state index is -3.77. The number of carbonyl (C=O) groups is 2. The molecular formula is C26H36N4O6S. The first-order valence-electron chi connectivity index (χ1n) is 12.0. The van der Waals surface area contributed by atoms with Crippen LogP contribution < -0.4 is 10.1 Å². The second-order valence-corrected chi connectivity index (χ2v) is 12.5. The zero-order chi connectivity index (χ0) is 28.0. The molecule has 1 aromatic carbocycles. The number of hydrogen-bond donors (Lipinski definition) is 3. The Hall–Kier alpha value is -2.91. The van der Waals surface area contributed by atoms with E-state index in [-0.39, 0.29) is 53.4 Å². The van der Waals surface area contributed by atoms with E-state index in [9.17, 15) is 23.3 Å². The van der Waals surface area contributed by atoms with E-state index in [2.05, 4.69) is 15.2 Å². The molecule has 0 aromatic heterocycles. The van der Waals surface area contributed by atoms with E-state index in [1.165, 1.54) is 31.2 Å². The number of sulfonamides is 1. The SMILES string of the molecule is CC1=C(C#N)C(=O)C(CCOCCO)C(=O)/C1=N\Nc1ccc(S(=O)(=O)NC(C)(C)CC(C)(C)C)cc1. The minimum absolute atomic E-state index is 0.0504. The summed E-state index contributed by atoms with van der Waals surface area (Å²) in [5, 5.41) is 22.4. The first kappa shape index (κ1) is 30.3. The van der Waals surface area contributed by atoms with Crippen molar-refractivity contribution in [3.63, 3.8) is 0 Å². The molecule has 0 fully saturated rings. The highest BCUT2D eigenvalue weighted by atomic mass is 32.2. The molecular weight excluding hydrogens is 496 g/mol. The molecule has 2 rings (SSSR count). The van der Waals surface area contributed by atoms with Crippen LogP contribution in [0.25, 0.3) is 0 Å². The lowest BCUT2D eigenvalue weighted by Crippen LogP contribution is -2.45. The standard InChI is InChI=1S/C26H36N4O6S/c1-17-21(15-27)23(32)20(11-13-36-14-12-31)24(33)22(17)29-28-18-7-9-19(10-8-18)37(34,35)30-26(5,6)16-25(2,3)4/h7-10,20,28,30-31H,11-14,16H2,1-6H3/b29-22-. The monoisotopic (exact) mass is 532 g/mol. The lowest BCUT2D eigenvalue weighted by atomic mass is 9.80. The van der Waals surface area contributed by atoms with Crippen molar-refractivity contribution in [3.05, 3.63) is 35.4 Å². The third kappa shape index (κ3) is 8.30. The zero-order valence-corrected chi connectivity index (χ0v) is 23.0. The maximum Gasteiger partial charge on any atom is 0.241 e. The van der Waals surface area contributed by atoms with Crippen molar-refractivity contribution < 1.29 is 27.9 Å². The summed E-state index contributed by atoms with van der Waals surface area (Å²) in [6.07, 6.45) is 0.694. The number of ether oxygens (including phenoxy) is 1. The molecule has 0 heterocycles. The molecule has 0 radical (unpaired) electrons. The third-order valence-electron chi connectivity index (χ3n) is 5.59. The Morgan fingerprint density at radius 2 is 1.70 bits per heavy atom. The molecule has 11 heteroatoms. The molecule has 202 valence electrons. The Labute approximate surface area is 218 Å². The van der Waals surface area contributed by atoms with E-state index in [0.717, 1.165) is 0 Å². The molecule has 0 amide bonds. The number of carbonyl (C=O) groups excluding carboxylic acids is 2. The van der Waals surface area contributed by atoms with E-state index >= 15 is 0 Å². The smallest absolute Gasteiger partial charge is 0.241 e. The average Bonchev–Trinajstić information content (AvgIpc) is 2.76. The van der Waals surface area contributed by atoms with Gasteiger partial charge in [-0.25, -0.2) is 13.1 Å². The van der Waals surface area contributed by atoms with Crippen LogP contribution in [0.1, 0.15) is 54.4 Å². The molecule has 1 aromatic rings. The van der Waals surface area contributed by atoms with Crippen molar-refractivity contribution in [2.24, 2.45) is 16.4 Å². The fraction of sp³-hybridized carbons (Fsp3) is 0.538. The summed E-state index contributed by atoms with van der Waals surface area (Å²) in [5.41, 5.74) is 2.40. The normalized spacial score (nSPS) is 18.3. The maximum atomic E-state index is 13.0. The van der Waals surface area contributed by atoms with Crippen LogP contribution in [-0.2, 0) is 24.3 Å². The van der Waals surface area contributed by atoms with Gasteiger partial charge in [0.25, 0.3) is 0 Å². The molecule has 0 saturated carbocycles. The number of nitrogens with one attached hydrogen (secondary N) is 2. The number of nitriles is 1. The van der Waals surface area contributed by atoms with Crippen LogP contribution in [0.2, 0.25) is 0 Å². The number of anilines is 1. The van der Waals surface area contributed by atoms with Gasteiger partial charge in [-0.2, -0.15) is 10.4 Å². The molecule has 1 aliphatic carbocycles. The molecule has 1 aliphatic rings. The van der Waals surface area contributed by atoms with Gasteiger partial charge in [0.1, 0.15) is 17.4 Å². The summed E-state index contributed by atoms with van der Waals surface area (Å²) in [4.78, 5) is 25.7.